The van der Waals surface area contributed by atoms with Crippen molar-refractivity contribution in [2.24, 2.45) is 0 Å². The first-order valence-corrected chi connectivity index (χ1v) is 4.91. The molecule has 0 unspecified atom stereocenters. The molecule has 0 spiro atoms. The second kappa shape index (κ2) is 4.58. The Hall–Kier alpha value is -1.82. The minimum Gasteiger partial charge on any atom is -0.396 e. The normalized spacial score (nSPS) is 10.8. The van der Waals surface area contributed by atoms with Crippen molar-refractivity contribution < 1.29 is 18.3 Å². The number of rotatable bonds is 3. The van der Waals surface area contributed by atoms with Crippen LogP contribution in [0.2, 0.25) is 0 Å². The average Bonchev–Trinajstić information content (AvgIpc) is 2.72. The maximum Gasteiger partial charge on any atom is 0.161 e. The van der Waals surface area contributed by atoms with Gasteiger partial charge in [0.05, 0.1) is 6.20 Å². The Morgan fingerprint density at radius 2 is 1.82 bits per heavy atom. The Balaban J connectivity index is 2.41. The zero-order valence-electron chi connectivity index (χ0n) is 8.70. The molecule has 6 heteroatoms. The largest absolute Gasteiger partial charge is 0.396 e. The van der Waals surface area contributed by atoms with Gasteiger partial charge in [-0.05, 0) is 12.0 Å². The number of halogens is 3. The Labute approximate surface area is 95.1 Å². The smallest absolute Gasteiger partial charge is 0.161 e. The van der Waals surface area contributed by atoms with Crippen molar-refractivity contribution in [3.8, 4) is 5.69 Å². The van der Waals surface area contributed by atoms with Gasteiger partial charge in [0.1, 0.15) is 5.69 Å². The third-order valence-corrected chi connectivity index (χ3v) is 2.27. The van der Waals surface area contributed by atoms with Crippen LogP contribution in [0, 0.1) is 17.5 Å². The Kier molecular flexibility index (Phi) is 3.14. The van der Waals surface area contributed by atoms with Crippen molar-refractivity contribution in [1.82, 2.24) is 9.78 Å². The van der Waals surface area contributed by atoms with Crippen molar-refractivity contribution in [2.75, 3.05) is 6.61 Å². The van der Waals surface area contributed by atoms with Crippen LogP contribution in [0.4, 0.5) is 13.2 Å². The fourth-order valence-corrected chi connectivity index (χ4v) is 1.44. The van der Waals surface area contributed by atoms with E-state index in [2.05, 4.69) is 5.10 Å². The van der Waals surface area contributed by atoms with E-state index < -0.39 is 17.5 Å². The molecule has 0 aliphatic carbocycles. The summed E-state index contributed by atoms with van der Waals surface area (Å²) in [5.74, 6) is -3.28. The topological polar surface area (TPSA) is 38.1 Å². The summed E-state index contributed by atoms with van der Waals surface area (Å²) in [5.41, 5.74) is 0.504. The van der Waals surface area contributed by atoms with E-state index in [0.717, 1.165) is 10.7 Å². The van der Waals surface area contributed by atoms with Gasteiger partial charge in [-0.3, -0.25) is 0 Å². The summed E-state index contributed by atoms with van der Waals surface area (Å²) in [6.07, 6.45) is 3.24. The number of hydrogen-bond acceptors (Lipinski definition) is 2. The lowest BCUT2D eigenvalue weighted by atomic mass is 10.2. The molecule has 0 amide bonds. The van der Waals surface area contributed by atoms with Crippen LogP contribution in [0.25, 0.3) is 5.69 Å². The number of hydrogen-bond donors (Lipinski definition) is 1. The van der Waals surface area contributed by atoms with Gasteiger partial charge in [0, 0.05) is 24.9 Å². The standard InChI is InChI=1S/C11H9F3N2O/c12-8-3-10(14)11(4-9(8)13)16-6-7(1-2-17)5-15-16/h3-6,17H,1-2H2. The molecule has 1 aromatic carbocycles. The van der Waals surface area contributed by atoms with Gasteiger partial charge in [-0.2, -0.15) is 5.10 Å². The summed E-state index contributed by atoms with van der Waals surface area (Å²) in [6, 6.07) is 1.21. The van der Waals surface area contributed by atoms with Crippen molar-refractivity contribution >= 4 is 0 Å². The highest BCUT2D eigenvalue weighted by Crippen LogP contribution is 2.17. The molecule has 0 saturated carbocycles. The summed E-state index contributed by atoms with van der Waals surface area (Å²) in [5, 5.41) is 12.5. The van der Waals surface area contributed by atoms with Crippen LogP contribution in [-0.2, 0) is 6.42 Å². The van der Waals surface area contributed by atoms with Gasteiger partial charge in [0.2, 0.25) is 0 Å². The molecule has 17 heavy (non-hydrogen) atoms. The summed E-state index contributed by atoms with van der Waals surface area (Å²) in [6.45, 7) is -0.0635. The minimum atomic E-state index is -1.24. The highest BCUT2D eigenvalue weighted by molar-refractivity contribution is 5.34. The van der Waals surface area contributed by atoms with Crippen LogP contribution in [0.1, 0.15) is 5.56 Å². The monoisotopic (exact) mass is 242 g/mol. The van der Waals surface area contributed by atoms with Crippen LogP contribution in [-0.4, -0.2) is 21.5 Å². The maximum absolute atomic E-state index is 13.4. The molecule has 2 aromatic rings. The number of aromatic nitrogens is 2. The van der Waals surface area contributed by atoms with Gasteiger partial charge in [-0.25, -0.2) is 17.9 Å². The van der Waals surface area contributed by atoms with Crippen LogP contribution in [0.3, 0.4) is 0 Å². The molecular formula is C11H9F3N2O. The summed E-state index contributed by atoms with van der Waals surface area (Å²) >= 11 is 0. The maximum atomic E-state index is 13.4. The number of benzene rings is 1. The first-order valence-electron chi connectivity index (χ1n) is 4.91. The fourth-order valence-electron chi connectivity index (χ4n) is 1.44. The fraction of sp³-hybridized carbons (Fsp3) is 0.182. The molecule has 0 bridgehead atoms. The molecule has 1 heterocycles. The molecule has 0 aliphatic rings. The van der Waals surface area contributed by atoms with E-state index in [1.807, 2.05) is 0 Å². The van der Waals surface area contributed by atoms with E-state index >= 15 is 0 Å². The van der Waals surface area contributed by atoms with E-state index in [1.165, 1.54) is 12.4 Å². The van der Waals surface area contributed by atoms with Gasteiger partial charge >= 0.3 is 0 Å². The number of aliphatic hydroxyl groups excluding tert-OH is 1. The molecule has 1 N–H and O–H groups in total. The molecule has 90 valence electrons. The predicted molar refractivity (Wildman–Crippen MR) is 54.2 cm³/mol. The number of nitrogens with zero attached hydrogens (tertiary/aromatic N) is 2. The van der Waals surface area contributed by atoms with Gasteiger partial charge in [0.25, 0.3) is 0 Å². The van der Waals surface area contributed by atoms with Crippen molar-refractivity contribution in [3.63, 3.8) is 0 Å². The highest BCUT2D eigenvalue weighted by atomic mass is 19.2. The van der Waals surface area contributed by atoms with Gasteiger partial charge in [-0.1, -0.05) is 0 Å². The first-order chi connectivity index (χ1) is 8.11. The quantitative estimate of drug-likeness (QED) is 0.834. The van der Waals surface area contributed by atoms with E-state index in [4.69, 9.17) is 5.11 Å². The lowest BCUT2D eigenvalue weighted by Gasteiger charge is -2.03. The Bertz CT molecular complexity index is 540. The predicted octanol–water partition coefficient (Wildman–Crippen LogP) is 1.82. The number of aliphatic hydroxyl groups is 1. The minimum absolute atomic E-state index is 0.0635. The molecule has 0 fully saturated rings. The first kappa shape index (κ1) is 11.7. The zero-order chi connectivity index (χ0) is 12.4. The van der Waals surface area contributed by atoms with E-state index in [9.17, 15) is 13.2 Å². The molecule has 0 atom stereocenters. The van der Waals surface area contributed by atoms with Crippen molar-refractivity contribution in [2.45, 2.75) is 6.42 Å². The zero-order valence-corrected chi connectivity index (χ0v) is 8.70. The Morgan fingerprint density at radius 3 is 2.53 bits per heavy atom. The van der Waals surface area contributed by atoms with E-state index in [-0.39, 0.29) is 12.3 Å². The highest BCUT2D eigenvalue weighted by Gasteiger charge is 2.12. The van der Waals surface area contributed by atoms with Gasteiger partial charge < -0.3 is 5.11 Å². The SMILES string of the molecule is OCCc1cnn(-c2cc(F)c(F)cc2F)c1. The third-order valence-electron chi connectivity index (χ3n) is 2.27. The molecule has 0 saturated heterocycles. The van der Waals surface area contributed by atoms with E-state index in [1.54, 1.807) is 0 Å². The second-order valence-corrected chi connectivity index (χ2v) is 3.48. The molecule has 0 radical (unpaired) electrons. The van der Waals surface area contributed by atoms with Crippen LogP contribution in [0.5, 0.6) is 0 Å². The van der Waals surface area contributed by atoms with Crippen LogP contribution >= 0.6 is 0 Å². The molecule has 1 aromatic heterocycles. The summed E-state index contributed by atoms with van der Waals surface area (Å²) < 4.78 is 40.2. The van der Waals surface area contributed by atoms with E-state index in [0.29, 0.717) is 18.1 Å². The summed E-state index contributed by atoms with van der Waals surface area (Å²) in [4.78, 5) is 0. The van der Waals surface area contributed by atoms with Crippen LogP contribution < -0.4 is 0 Å². The third kappa shape index (κ3) is 2.31. The van der Waals surface area contributed by atoms with Crippen LogP contribution in [0.15, 0.2) is 24.5 Å². The molecular weight excluding hydrogens is 233 g/mol. The Morgan fingerprint density at radius 1 is 1.12 bits per heavy atom. The lowest BCUT2D eigenvalue weighted by molar-refractivity contribution is 0.299. The van der Waals surface area contributed by atoms with Gasteiger partial charge in [-0.15, -0.1) is 0 Å². The average molecular weight is 242 g/mol. The van der Waals surface area contributed by atoms with Crippen molar-refractivity contribution in [1.29, 1.82) is 0 Å². The molecule has 0 aliphatic heterocycles. The van der Waals surface area contributed by atoms with Gasteiger partial charge in [0.15, 0.2) is 17.5 Å². The molecule has 2 rings (SSSR count). The lowest BCUT2D eigenvalue weighted by Crippen LogP contribution is -2.01. The summed E-state index contributed by atoms with van der Waals surface area (Å²) in [7, 11) is 0. The molecule has 3 nitrogen and oxygen atoms in total. The second-order valence-electron chi connectivity index (χ2n) is 3.48. The van der Waals surface area contributed by atoms with Crippen molar-refractivity contribution in [3.05, 3.63) is 47.5 Å².